The van der Waals surface area contributed by atoms with Gasteiger partial charge in [0.1, 0.15) is 11.9 Å². The van der Waals surface area contributed by atoms with Crippen LogP contribution in [0.3, 0.4) is 0 Å². The Morgan fingerprint density at radius 3 is 2.69 bits per heavy atom. The SMILES string of the molecule is CNC(=O)O[C@@H](C1COCCN1)C1(c2ccc(F)c(C(F)(F)F)c2)CC1. The first-order valence-corrected chi connectivity index (χ1v) is 8.34. The molecule has 1 aliphatic heterocycles. The topological polar surface area (TPSA) is 59.6 Å². The van der Waals surface area contributed by atoms with E-state index in [1.165, 1.54) is 13.1 Å². The molecular formula is C17H20F4N2O3. The van der Waals surface area contributed by atoms with E-state index >= 15 is 0 Å². The Morgan fingerprint density at radius 2 is 2.15 bits per heavy atom. The monoisotopic (exact) mass is 376 g/mol. The first-order valence-electron chi connectivity index (χ1n) is 8.34. The van der Waals surface area contributed by atoms with Crippen LogP contribution in [0.4, 0.5) is 22.4 Å². The molecular weight excluding hydrogens is 356 g/mol. The first-order chi connectivity index (χ1) is 12.3. The molecule has 1 heterocycles. The normalized spacial score (nSPS) is 23.2. The van der Waals surface area contributed by atoms with E-state index < -0.39 is 35.2 Å². The summed E-state index contributed by atoms with van der Waals surface area (Å²) in [5, 5.41) is 5.56. The van der Waals surface area contributed by atoms with E-state index in [0.717, 1.165) is 12.1 Å². The van der Waals surface area contributed by atoms with Crippen LogP contribution in [0.2, 0.25) is 0 Å². The lowest BCUT2D eigenvalue weighted by Gasteiger charge is -2.36. The number of hydrogen-bond donors (Lipinski definition) is 2. The van der Waals surface area contributed by atoms with E-state index in [4.69, 9.17) is 9.47 Å². The first kappa shape index (κ1) is 18.9. The molecule has 0 bridgehead atoms. The number of benzene rings is 1. The smallest absolute Gasteiger partial charge is 0.419 e. The van der Waals surface area contributed by atoms with Crippen molar-refractivity contribution in [3.63, 3.8) is 0 Å². The molecule has 2 fully saturated rings. The molecule has 2 aliphatic rings. The molecule has 5 nitrogen and oxygen atoms in total. The highest BCUT2D eigenvalue weighted by Crippen LogP contribution is 2.54. The fraction of sp³-hybridized carbons (Fsp3) is 0.588. The van der Waals surface area contributed by atoms with Crippen LogP contribution < -0.4 is 10.6 Å². The van der Waals surface area contributed by atoms with Gasteiger partial charge in [0.05, 0.1) is 24.8 Å². The lowest BCUT2D eigenvalue weighted by Crippen LogP contribution is -2.55. The molecule has 26 heavy (non-hydrogen) atoms. The summed E-state index contributed by atoms with van der Waals surface area (Å²) in [6.45, 7) is 1.33. The van der Waals surface area contributed by atoms with Gasteiger partial charge in [-0.05, 0) is 30.5 Å². The molecule has 3 rings (SSSR count). The lowest BCUT2D eigenvalue weighted by molar-refractivity contribution is -0.140. The van der Waals surface area contributed by atoms with Crippen LogP contribution in [0.25, 0.3) is 0 Å². The summed E-state index contributed by atoms with van der Waals surface area (Å²) in [4.78, 5) is 11.8. The zero-order valence-electron chi connectivity index (χ0n) is 14.2. The molecule has 0 spiro atoms. The molecule has 144 valence electrons. The Bertz CT molecular complexity index is 670. The number of hydrogen-bond acceptors (Lipinski definition) is 4. The number of carbonyl (C=O) groups excluding carboxylic acids is 1. The number of amides is 1. The van der Waals surface area contributed by atoms with Crippen molar-refractivity contribution in [2.75, 3.05) is 26.8 Å². The van der Waals surface area contributed by atoms with Crippen molar-refractivity contribution in [3.05, 3.63) is 35.1 Å². The van der Waals surface area contributed by atoms with Gasteiger partial charge in [-0.1, -0.05) is 6.07 Å². The Hall–Kier alpha value is -1.87. The summed E-state index contributed by atoms with van der Waals surface area (Å²) in [6, 6.07) is 2.62. The highest BCUT2D eigenvalue weighted by Gasteiger charge is 2.56. The minimum absolute atomic E-state index is 0.275. The molecule has 1 saturated heterocycles. The van der Waals surface area contributed by atoms with Gasteiger partial charge in [0.2, 0.25) is 0 Å². The summed E-state index contributed by atoms with van der Waals surface area (Å²) in [7, 11) is 1.41. The van der Waals surface area contributed by atoms with Gasteiger partial charge < -0.3 is 20.1 Å². The lowest BCUT2D eigenvalue weighted by atomic mass is 9.84. The van der Waals surface area contributed by atoms with Crippen molar-refractivity contribution in [1.82, 2.24) is 10.6 Å². The molecule has 0 aromatic heterocycles. The van der Waals surface area contributed by atoms with Crippen molar-refractivity contribution in [3.8, 4) is 0 Å². The minimum atomic E-state index is -4.79. The third kappa shape index (κ3) is 3.64. The van der Waals surface area contributed by atoms with Gasteiger partial charge in [-0.15, -0.1) is 0 Å². The Kier molecular flexibility index (Phi) is 5.12. The highest BCUT2D eigenvalue weighted by atomic mass is 19.4. The molecule has 2 N–H and O–H groups in total. The maximum Gasteiger partial charge on any atom is 0.419 e. The fourth-order valence-electron chi connectivity index (χ4n) is 3.46. The second kappa shape index (κ2) is 7.03. The molecule has 9 heteroatoms. The van der Waals surface area contributed by atoms with Gasteiger partial charge in [0, 0.05) is 19.0 Å². The van der Waals surface area contributed by atoms with E-state index in [9.17, 15) is 22.4 Å². The van der Waals surface area contributed by atoms with Crippen molar-refractivity contribution >= 4 is 6.09 Å². The van der Waals surface area contributed by atoms with E-state index in [1.54, 1.807) is 0 Å². The molecule has 1 aromatic rings. The van der Waals surface area contributed by atoms with Crippen LogP contribution in [0, 0.1) is 5.82 Å². The number of nitrogens with one attached hydrogen (secondary N) is 2. The largest absolute Gasteiger partial charge is 0.444 e. The van der Waals surface area contributed by atoms with Crippen LogP contribution in [-0.2, 0) is 21.1 Å². The Labute approximate surface area is 148 Å². The molecule has 1 aromatic carbocycles. The van der Waals surface area contributed by atoms with E-state index in [1.807, 2.05) is 0 Å². The number of morpholine rings is 1. The minimum Gasteiger partial charge on any atom is -0.444 e. The van der Waals surface area contributed by atoms with Gasteiger partial charge in [-0.3, -0.25) is 0 Å². The Balaban J connectivity index is 1.96. The Morgan fingerprint density at radius 1 is 1.42 bits per heavy atom. The summed E-state index contributed by atoms with van der Waals surface area (Å²) >= 11 is 0. The number of ether oxygens (including phenoxy) is 2. The van der Waals surface area contributed by atoms with Gasteiger partial charge in [0.15, 0.2) is 0 Å². The second-order valence-electron chi connectivity index (χ2n) is 6.56. The number of alkyl halides is 3. The van der Waals surface area contributed by atoms with Crippen LogP contribution in [0.15, 0.2) is 18.2 Å². The number of rotatable bonds is 4. The summed E-state index contributed by atoms with van der Waals surface area (Å²) in [5.74, 6) is -1.32. The van der Waals surface area contributed by atoms with Crippen molar-refractivity contribution < 1.29 is 31.8 Å². The summed E-state index contributed by atoms with van der Waals surface area (Å²) < 4.78 is 63.8. The quantitative estimate of drug-likeness (QED) is 0.794. The molecule has 1 aliphatic carbocycles. The zero-order valence-corrected chi connectivity index (χ0v) is 14.2. The van der Waals surface area contributed by atoms with Gasteiger partial charge in [-0.25, -0.2) is 9.18 Å². The maximum atomic E-state index is 13.6. The molecule has 2 atom stereocenters. The van der Waals surface area contributed by atoms with Crippen LogP contribution >= 0.6 is 0 Å². The molecule has 1 unspecified atom stereocenters. The average Bonchev–Trinajstić information content (AvgIpc) is 3.41. The number of alkyl carbamates (subject to hydrolysis) is 1. The van der Waals surface area contributed by atoms with E-state index in [0.29, 0.717) is 31.6 Å². The van der Waals surface area contributed by atoms with E-state index in [2.05, 4.69) is 10.6 Å². The fourth-order valence-corrected chi connectivity index (χ4v) is 3.46. The maximum absolute atomic E-state index is 13.6. The zero-order chi connectivity index (χ0) is 18.9. The van der Waals surface area contributed by atoms with Crippen molar-refractivity contribution in [1.29, 1.82) is 0 Å². The van der Waals surface area contributed by atoms with Gasteiger partial charge >= 0.3 is 12.3 Å². The number of carbonyl (C=O) groups is 1. The third-order valence-electron chi connectivity index (χ3n) is 4.93. The molecule has 1 amide bonds. The van der Waals surface area contributed by atoms with Gasteiger partial charge in [0.25, 0.3) is 0 Å². The number of halogens is 4. The summed E-state index contributed by atoms with van der Waals surface area (Å²) in [6.07, 6.45) is -5.12. The standard InChI is InChI=1S/C17H20F4N2O3/c1-22-15(24)26-14(13-9-25-7-6-23-13)16(4-5-16)10-2-3-12(18)11(8-10)17(19,20)21/h2-3,8,13-14,23H,4-7,9H2,1H3,(H,22,24)/t13?,14-/m0/s1. The van der Waals surface area contributed by atoms with Gasteiger partial charge in [-0.2, -0.15) is 13.2 Å². The second-order valence-corrected chi connectivity index (χ2v) is 6.56. The predicted molar refractivity (Wildman–Crippen MR) is 84.3 cm³/mol. The van der Waals surface area contributed by atoms with Crippen LogP contribution in [0.5, 0.6) is 0 Å². The molecule has 1 saturated carbocycles. The van der Waals surface area contributed by atoms with Crippen LogP contribution in [-0.4, -0.2) is 45.0 Å². The van der Waals surface area contributed by atoms with Crippen molar-refractivity contribution in [2.24, 2.45) is 0 Å². The highest BCUT2D eigenvalue weighted by molar-refractivity contribution is 5.67. The van der Waals surface area contributed by atoms with Crippen molar-refractivity contribution in [2.45, 2.75) is 36.6 Å². The predicted octanol–water partition coefficient (Wildman–Crippen LogP) is 2.59. The van der Waals surface area contributed by atoms with E-state index in [-0.39, 0.29) is 12.6 Å². The third-order valence-corrected chi connectivity index (χ3v) is 4.93. The van der Waals surface area contributed by atoms with Crippen LogP contribution in [0.1, 0.15) is 24.0 Å². The molecule has 0 radical (unpaired) electrons. The summed E-state index contributed by atoms with van der Waals surface area (Å²) in [5.41, 5.74) is -1.79. The average molecular weight is 376 g/mol.